The Morgan fingerprint density at radius 2 is 1.24 bits per heavy atom. The first-order valence-electron chi connectivity index (χ1n) is 10.5. The van der Waals surface area contributed by atoms with Crippen molar-refractivity contribution in [3.63, 3.8) is 0 Å². The molecule has 0 saturated carbocycles. The second-order valence-corrected chi connectivity index (χ2v) is 10.2. The summed E-state index contributed by atoms with van der Waals surface area (Å²) in [5, 5.41) is 0. The van der Waals surface area contributed by atoms with Gasteiger partial charge in [0.05, 0.1) is 0 Å². The van der Waals surface area contributed by atoms with Gasteiger partial charge in [0.15, 0.2) is 0 Å². The number of unbranched alkanes of at least 4 members (excludes halogenated alkanes) is 7. The molecule has 2 N–H and O–H groups in total. The molecule has 0 aliphatic carbocycles. The molecule has 2 aromatic rings. The van der Waals surface area contributed by atoms with Gasteiger partial charge in [0.25, 0.3) is 20.2 Å². The molecule has 0 saturated heterocycles. The first-order chi connectivity index (χ1) is 14.6. The average molecular weight is 519 g/mol. The van der Waals surface area contributed by atoms with Gasteiger partial charge in [0.2, 0.25) is 0 Å². The molecule has 0 aliphatic heterocycles. The Hall–Kier alpha value is 0.0600. The van der Waals surface area contributed by atoms with Crippen LogP contribution in [-0.4, -0.2) is 85.1 Å². The van der Waals surface area contributed by atoms with Gasteiger partial charge in [-0.3, -0.25) is 9.11 Å². The van der Waals surface area contributed by atoms with Crippen LogP contribution in [0, 0.1) is 0 Å². The standard InChI is InChI=1S/C22H30O7S2.2Na.2H/c1-2-3-4-5-6-7-8-9-13-18-14-12-16-20(22(18)31(26,27)28)29-19-15-10-11-17-21(19)30(23,24)25;;;;/h10-12,14-17H,2-9,13H2,1H3,(H,23,24,25)(H,26,27,28);;;;. The van der Waals surface area contributed by atoms with Gasteiger partial charge >= 0.3 is 59.1 Å². The molecule has 0 bridgehead atoms. The average Bonchev–Trinajstić information content (AvgIpc) is 2.69. The number of hydrogen-bond acceptors (Lipinski definition) is 5. The third-order valence-electron chi connectivity index (χ3n) is 4.97. The summed E-state index contributed by atoms with van der Waals surface area (Å²) in [7, 11) is -9.21. The number of para-hydroxylation sites is 1. The van der Waals surface area contributed by atoms with Crippen molar-refractivity contribution in [1.29, 1.82) is 0 Å². The van der Waals surface area contributed by atoms with Crippen LogP contribution >= 0.6 is 0 Å². The molecule has 11 heteroatoms. The molecule has 0 aliphatic rings. The van der Waals surface area contributed by atoms with Crippen LogP contribution in [0.4, 0.5) is 0 Å². The second-order valence-electron chi connectivity index (χ2n) is 7.47. The van der Waals surface area contributed by atoms with Crippen LogP contribution < -0.4 is 4.74 Å². The van der Waals surface area contributed by atoms with Crippen LogP contribution in [0.3, 0.4) is 0 Å². The van der Waals surface area contributed by atoms with Crippen LogP contribution in [-0.2, 0) is 26.7 Å². The number of rotatable bonds is 13. The molecular weight excluding hydrogens is 486 g/mol. The van der Waals surface area contributed by atoms with E-state index >= 15 is 0 Å². The van der Waals surface area contributed by atoms with E-state index in [9.17, 15) is 25.9 Å². The number of ether oxygens (including phenoxy) is 1. The van der Waals surface area contributed by atoms with E-state index in [1.165, 1.54) is 49.9 Å². The minimum absolute atomic E-state index is 0. The van der Waals surface area contributed by atoms with Crippen molar-refractivity contribution in [2.45, 2.75) is 74.5 Å². The molecule has 2 rings (SSSR count). The third-order valence-corrected chi connectivity index (χ3v) is 6.84. The third kappa shape index (κ3) is 11.1. The summed E-state index contributed by atoms with van der Waals surface area (Å²) in [5.41, 5.74) is 0.398. The maximum atomic E-state index is 12.1. The van der Waals surface area contributed by atoms with E-state index in [4.69, 9.17) is 4.74 Å². The molecule has 33 heavy (non-hydrogen) atoms. The zero-order valence-electron chi connectivity index (χ0n) is 17.7. The zero-order valence-corrected chi connectivity index (χ0v) is 19.3. The van der Waals surface area contributed by atoms with E-state index in [1.54, 1.807) is 12.1 Å². The van der Waals surface area contributed by atoms with E-state index in [1.807, 2.05) is 0 Å². The Kier molecular flexibility index (Phi) is 16.0. The van der Waals surface area contributed by atoms with Crippen molar-refractivity contribution in [2.75, 3.05) is 0 Å². The van der Waals surface area contributed by atoms with Crippen molar-refractivity contribution in [2.24, 2.45) is 0 Å². The van der Waals surface area contributed by atoms with E-state index < -0.39 is 25.1 Å². The summed E-state index contributed by atoms with van der Waals surface area (Å²) in [6.07, 6.45) is 9.19. The Labute approximate surface area is 241 Å². The number of benzene rings is 2. The number of aryl methyl sites for hydroxylation is 1. The summed E-state index contributed by atoms with van der Waals surface area (Å²) < 4.78 is 72.1. The second kappa shape index (κ2) is 15.9. The molecule has 0 unspecified atom stereocenters. The van der Waals surface area contributed by atoms with Crippen LogP contribution in [0.1, 0.15) is 63.9 Å². The van der Waals surface area contributed by atoms with Gasteiger partial charge in [0.1, 0.15) is 21.3 Å². The Morgan fingerprint density at radius 1 is 0.697 bits per heavy atom. The molecule has 0 fully saturated rings. The Morgan fingerprint density at radius 3 is 1.82 bits per heavy atom. The quantitative estimate of drug-likeness (QED) is 0.230. The normalized spacial score (nSPS) is 11.4. The fourth-order valence-electron chi connectivity index (χ4n) is 3.45. The SMILES string of the molecule is CCCCCCCCCCc1cccc(Oc2ccccc2S(=O)(=O)O)c1S(=O)(=O)O.[NaH].[NaH]. The molecule has 0 spiro atoms. The molecule has 7 nitrogen and oxygen atoms in total. The fraction of sp³-hybridized carbons (Fsp3) is 0.455. The number of hydrogen-bond donors (Lipinski definition) is 2. The molecule has 0 aromatic heterocycles. The van der Waals surface area contributed by atoms with Gasteiger partial charge in [-0.2, -0.15) is 16.8 Å². The minimum atomic E-state index is -4.63. The predicted octanol–water partition coefficient (Wildman–Crippen LogP) is 4.36. The molecule has 0 heterocycles. The predicted molar refractivity (Wildman–Crippen MR) is 133 cm³/mol. The molecule has 0 amide bonds. The van der Waals surface area contributed by atoms with Gasteiger partial charge in [-0.05, 0) is 36.6 Å². The monoisotopic (exact) mass is 518 g/mol. The first-order valence-corrected chi connectivity index (χ1v) is 13.4. The van der Waals surface area contributed by atoms with Gasteiger partial charge in [-0.15, -0.1) is 0 Å². The van der Waals surface area contributed by atoms with Gasteiger partial charge < -0.3 is 4.74 Å². The van der Waals surface area contributed by atoms with Crippen molar-refractivity contribution < 1.29 is 30.7 Å². The van der Waals surface area contributed by atoms with Crippen LogP contribution in [0.2, 0.25) is 0 Å². The summed E-state index contributed by atoms with van der Waals surface area (Å²) in [4.78, 5) is -0.882. The van der Waals surface area contributed by atoms with E-state index in [2.05, 4.69) is 6.92 Å². The van der Waals surface area contributed by atoms with Crippen LogP contribution in [0.15, 0.2) is 52.3 Å². The van der Waals surface area contributed by atoms with Crippen molar-refractivity contribution >= 4 is 79.4 Å². The van der Waals surface area contributed by atoms with E-state index in [0.29, 0.717) is 12.0 Å². The summed E-state index contributed by atoms with van der Waals surface area (Å²) in [5.74, 6) is -0.435. The van der Waals surface area contributed by atoms with Crippen LogP contribution in [0.5, 0.6) is 11.5 Å². The van der Waals surface area contributed by atoms with Gasteiger partial charge in [-0.25, -0.2) is 0 Å². The van der Waals surface area contributed by atoms with Gasteiger partial charge in [-0.1, -0.05) is 76.1 Å². The molecule has 0 atom stereocenters. The fourth-order valence-corrected chi connectivity index (χ4v) is 4.93. The van der Waals surface area contributed by atoms with Gasteiger partial charge in [0, 0.05) is 0 Å². The molecule has 2 aromatic carbocycles. The summed E-state index contributed by atoms with van der Waals surface area (Å²) in [6, 6.07) is 9.84. The van der Waals surface area contributed by atoms with Crippen molar-refractivity contribution in [1.82, 2.24) is 0 Å². The van der Waals surface area contributed by atoms with Crippen LogP contribution in [0.25, 0.3) is 0 Å². The topological polar surface area (TPSA) is 118 Å². The zero-order chi connectivity index (χ0) is 22.9. The first kappa shape index (κ1) is 33.1. The van der Waals surface area contributed by atoms with E-state index in [0.717, 1.165) is 31.7 Å². The van der Waals surface area contributed by atoms with Crippen molar-refractivity contribution in [3.05, 3.63) is 48.0 Å². The summed E-state index contributed by atoms with van der Waals surface area (Å²) >= 11 is 0. The van der Waals surface area contributed by atoms with E-state index in [-0.39, 0.29) is 75.5 Å². The molecule has 176 valence electrons. The maximum absolute atomic E-state index is 12.1. The molecular formula is C22H32Na2O7S2. The van der Waals surface area contributed by atoms with Crippen molar-refractivity contribution in [3.8, 4) is 11.5 Å². The Balaban J connectivity index is 0.00000512. The molecule has 0 radical (unpaired) electrons. The Bertz CT molecular complexity index is 1070. The summed E-state index contributed by atoms with van der Waals surface area (Å²) in [6.45, 7) is 2.17.